The molecule has 4 nitrogen and oxygen atoms in total. The number of hydrogen-bond acceptors (Lipinski definition) is 4. The molecule has 2 atom stereocenters. The van der Waals surface area contributed by atoms with Crippen molar-refractivity contribution in [2.75, 3.05) is 12.8 Å². The van der Waals surface area contributed by atoms with Crippen LogP contribution in [0.5, 0.6) is 0 Å². The summed E-state index contributed by atoms with van der Waals surface area (Å²) in [6.45, 7) is 4.53. The highest BCUT2D eigenvalue weighted by Crippen LogP contribution is 2.38. The molecule has 1 rings (SSSR count). The minimum absolute atomic E-state index is 0.0220. The Morgan fingerprint density at radius 3 is 2.80 bits per heavy atom. The second-order valence-electron chi connectivity index (χ2n) is 5.12. The van der Waals surface area contributed by atoms with Crippen molar-refractivity contribution in [3.05, 3.63) is 30.1 Å². The Morgan fingerprint density at radius 2 is 2.20 bits per heavy atom. The minimum Gasteiger partial charge on any atom is -0.778 e. The zero-order valence-corrected chi connectivity index (χ0v) is 13.4. The van der Waals surface area contributed by atoms with Crippen LogP contribution < -0.4 is 4.89 Å². The molecule has 114 valence electrons. The molecule has 2 unspecified atom stereocenters. The third-order valence-corrected chi connectivity index (χ3v) is 4.73. The first-order chi connectivity index (χ1) is 9.57. The fourth-order valence-electron chi connectivity index (χ4n) is 1.98. The molecule has 0 aliphatic rings. The van der Waals surface area contributed by atoms with Crippen molar-refractivity contribution in [1.82, 2.24) is 4.98 Å². The highest BCUT2D eigenvalue weighted by atomic mass is 31.2. The van der Waals surface area contributed by atoms with Crippen molar-refractivity contribution in [1.29, 1.82) is 0 Å². The molecular formula is C15H25NO3P-. The van der Waals surface area contributed by atoms with Gasteiger partial charge in [-0.3, -0.25) is 4.98 Å². The Bertz CT molecular complexity index is 411. The van der Waals surface area contributed by atoms with Crippen LogP contribution in [-0.4, -0.2) is 17.8 Å². The fraction of sp³-hybridized carbons (Fsp3) is 0.667. The van der Waals surface area contributed by atoms with Crippen LogP contribution in [0.15, 0.2) is 24.4 Å². The lowest BCUT2D eigenvalue weighted by atomic mass is 10.0. The van der Waals surface area contributed by atoms with E-state index in [1.807, 2.05) is 18.2 Å². The number of aromatic nitrogens is 1. The van der Waals surface area contributed by atoms with E-state index in [2.05, 4.69) is 18.8 Å². The molecular weight excluding hydrogens is 273 g/mol. The third kappa shape index (κ3) is 7.18. The molecule has 0 radical (unpaired) electrons. The molecule has 0 aromatic carbocycles. The highest BCUT2D eigenvalue weighted by Gasteiger charge is 2.13. The van der Waals surface area contributed by atoms with Crippen molar-refractivity contribution in [2.24, 2.45) is 5.92 Å². The third-order valence-electron chi connectivity index (χ3n) is 3.42. The van der Waals surface area contributed by atoms with Gasteiger partial charge in [-0.2, -0.15) is 0 Å². The van der Waals surface area contributed by atoms with Gasteiger partial charge in [0, 0.05) is 18.1 Å². The maximum atomic E-state index is 11.9. The lowest BCUT2D eigenvalue weighted by Crippen LogP contribution is -2.15. The van der Waals surface area contributed by atoms with E-state index >= 15 is 0 Å². The van der Waals surface area contributed by atoms with Crippen LogP contribution in [0, 0.1) is 5.92 Å². The van der Waals surface area contributed by atoms with Gasteiger partial charge in [0.2, 0.25) is 0 Å². The lowest BCUT2D eigenvalue weighted by molar-refractivity contribution is -0.199. The SMILES string of the molecule is CCCCC(CC)COP(=O)([O-])CCc1ccccn1. The monoisotopic (exact) mass is 298 g/mol. The first-order valence-corrected chi connectivity index (χ1v) is 9.14. The van der Waals surface area contributed by atoms with Crippen LogP contribution in [-0.2, 0) is 15.5 Å². The summed E-state index contributed by atoms with van der Waals surface area (Å²) in [5.41, 5.74) is 0.783. The Balaban J connectivity index is 2.35. The van der Waals surface area contributed by atoms with Gasteiger partial charge < -0.3 is 14.0 Å². The molecule has 20 heavy (non-hydrogen) atoms. The highest BCUT2D eigenvalue weighted by molar-refractivity contribution is 7.51. The quantitative estimate of drug-likeness (QED) is 0.621. The van der Waals surface area contributed by atoms with E-state index in [0.717, 1.165) is 31.4 Å². The summed E-state index contributed by atoms with van der Waals surface area (Å²) in [6, 6.07) is 5.50. The van der Waals surface area contributed by atoms with E-state index in [-0.39, 0.29) is 6.16 Å². The first kappa shape index (κ1) is 17.4. The summed E-state index contributed by atoms with van der Waals surface area (Å²) in [7, 11) is -3.75. The summed E-state index contributed by atoms with van der Waals surface area (Å²) in [5, 5.41) is 0. The van der Waals surface area contributed by atoms with Crippen LogP contribution in [0.1, 0.15) is 45.2 Å². The summed E-state index contributed by atoms with van der Waals surface area (Å²) in [4.78, 5) is 16.0. The van der Waals surface area contributed by atoms with Gasteiger partial charge in [-0.05, 0) is 30.9 Å². The maximum absolute atomic E-state index is 11.9. The molecule has 0 spiro atoms. The van der Waals surface area contributed by atoms with Gasteiger partial charge in [-0.15, -0.1) is 0 Å². The van der Waals surface area contributed by atoms with Crippen molar-refractivity contribution in [3.8, 4) is 0 Å². The lowest BCUT2D eigenvalue weighted by Gasteiger charge is -2.25. The number of rotatable bonds is 10. The number of hydrogen-bond donors (Lipinski definition) is 0. The molecule has 0 amide bonds. The number of pyridine rings is 1. The molecule has 1 heterocycles. The standard InChI is InChI=1S/C15H26NO3P/c1-3-5-8-14(4-2)13-19-20(17,18)12-10-15-9-6-7-11-16-15/h6-7,9,11,14H,3-5,8,10,12-13H2,1-2H3,(H,17,18)/p-1. The summed E-state index contributed by atoms with van der Waals surface area (Å²) in [5.74, 6) is 0.340. The largest absolute Gasteiger partial charge is 0.778 e. The van der Waals surface area contributed by atoms with Gasteiger partial charge in [0.05, 0.1) is 6.61 Å². The van der Waals surface area contributed by atoms with Gasteiger partial charge in [0.25, 0.3) is 0 Å². The van der Waals surface area contributed by atoms with E-state index in [1.54, 1.807) is 6.20 Å². The van der Waals surface area contributed by atoms with E-state index in [0.29, 0.717) is 18.9 Å². The summed E-state index contributed by atoms with van der Waals surface area (Å²) in [6.07, 6.45) is 6.35. The number of unbranched alkanes of at least 4 members (excludes halogenated alkanes) is 1. The molecule has 0 aliphatic carbocycles. The summed E-state index contributed by atoms with van der Waals surface area (Å²) < 4.78 is 17.0. The molecule has 0 saturated carbocycles. The van der Waals surface area contributed by atoms with Gasteiger partial charge >= 0.3 is 0 Å². The zero-order valence-electron chi connectivity index (χ0n) is 12.5. The predicted octanol–water partition coefficient (Wildman–Crippen LogP) is 3.41. The second kappa shape index (κ2) is 9.28. The van der Waals surface area contributed by atoms with E-state index in [9.17, 15) is 9.46 Å². The van der Waals surface area contributed by atoms with Gasteiger partial charge in [-0.25, -0.2) is 0 Å². The predicted molar refractivity (Wildman–Crippen MR) is 79.7 cm³/mol. The molecule has 1 aromatic rings. The van der Waals surface area contributed by atoms with Crippen LogP contribution in [0.4, 0.5) is 0 Å². The Kier molecular flexibility index (Phi) is 8.05. The number of aryl methyl sites for hydroxylation is 1. The van der Waals surface area contributed by atoms with Crippen LogP contribution in [0.3, 0.4) is 0 Å². The van der Waals surface area contributed by atoms with Crippen LogP contribution in [0.25, 0.3) is 0 Å². The summed E-state index contributed by atoms with van der Waals surface area (Å²) >= 11 is 0. The van der Waals surface area contributed by atoms with Gasteiger partial charge in [0.15, 0.2) is 0 Å². The van der Waals surface area contributed by atoms with Crippen LogP contribution in [0.2, 0.25) is 0 Å². The Morgan fingerprint density at radius 1 is 1.40 bits per heavy atom. The topological polar surface area (TPSA) is 62.2 Å². The minimum atomic E-state index is -3.75. The van der Waals surface area contributed by atoms with E-state index < -0.39 is 7.60 Å². The van der Waals surface area contributed by atoms with Gasteiger partial charge in [0.1, 0.15) is 7.60 Å². The van der Waals surface area contributed by atoms with E-state index in [4.69, 9.17) is 4.52 Å². The molecule has 0 aliphatic heterocycles. The molecule has 0 bridgehead atoms. The van der Waals surface area contributed by atoms with Crippen LogP contribution >= 0.6 is 7.60 Å². The molecule has 0 saturated heterocycles. The average Bonchev–Trinajstić information content (AvgIpc) is 2.47. The Labute approximate surface area is 122 Å². The maximum Gasteiger partial charge on any atom is 0.135 e. The number of nitrogens with zero attached hydrogens (tertiary/aromatic N) is 1. The van der Waals surface area contributed by atoms with Crippen molar-refractivity contribution >= 4 is 7.60 Å². The smallest absolute Gasteiger partial charge is 0.135 e. The second-order valence-corrected chi connectivity index (χ2v) is 7.05. The van der Waals surface area contributed by atoms with Gasteiger partial charge in [-0.1, -0.05) is 39.2 Å². The van der Waals surface area contributed by atoms with Crippen molar-refractivity contribution in [3.63, 3.8) is 0 Å². The van der Waals surface area contributed by atoms with E-state index in [1.165, 1.54) is 0 Å². The Hall–Kier alpha value is -0.700. The normalized spacial score (nSPS) is 15.8. The first-order valence-electron chi connectivity index (χ1n) is 7.42. The van der Waals surface area contributed by atoms with Crippen molar-refractivity contribution < 1.29 is 14.0 Å². The fourth-order valence-corrected chi connectivity index (χ4v) is 3.05. The zero-order chi connectivity index (χ0) is 14.8. The molecule has 5 heteroatoms. The molecule has 1 aromatic heterocycles. The average molecular weight is 298 g/mol. The molecule has 0 fully saturated rings. The van der Waals surface area contributed by atoms with Crippen molar-refractivity contribution in [2.45, 2.75) is 46.0 Å². The molecule has 0 N–H and O–H groups in total.